The summed E-state index contributed by atoms with van der Waals surface area (Å²) in [6, 6.07) is 5.28. The van der Waals surface area contributed by atoms with Crippen molar-refractivity contribution in [3.8, 4) is 11.8 Å². The summed E-state index contributed by atoms with van der Waals surface area (Å²) in [5.41, 5.74) is 0.885. The Labute approximate surface area is 108 Å². The lowest BCUT2D eigenvalue weighted by Crippen LogP contribution is -2.00. The van der Waals surface area contributed by atoms with Crippen LogP contribution in [0.25, 0.3) is 0 Å². The summed E-state index contributed by atoms with van der Waals surface area (Å²) in [7, 11) is 0. The first-order valence-electron chi connectivity index (χ1n) is 5.05. The third-order valence-corrected chi connectivity index (χ3v) is 2.46. The van der Waals surface area contributed by atoms with Crippen molar-refractivity contribution in [2.45, 2.75) is 6.92 Å². The van der Waals surface area contributed by atoms with E-state index in [0.29, 0.717) is 10.8 Å². The zero-order chi connectivity index (χ0) is 13.1. The summed E-state index contributed by atoms with van der Waals surface area (Å²) in [6.45, 7) is 1.86. The van der Waals surface area contributed by atoms with Crippen molar-refractivity contribution >= 4 is 17.6 Å². The zero-order valence-electron chi connectivity index (χ0n) is 9.42. The molecule has 0 spiro atoms. The first kappa shape index (κ1) is 12.3. The maximum atomic E-state index is 10.6. The van der Waals surface area contributed by atoms with Crippen LogP contribution < -0.4 is 4.74 Å². The topological polar surface area (TPSA) is 72.3 Å². The summed E-state index contributed by atoms with van der Waals surface area (Å²) in [5, 5.41) is 9.25. The molecule has 1 aromatic carbocycles. The first-order valence-corrected chi connectivity index (χ1v) is 5.43. The predicted octanol–water partition coefficient (Wildman–Crippen LogP) is 2.93. The molecule has 1 aromatic heterocycles. The number of hydrogen-bond acceptors (Lipinski definition) is 4. The molecule has 92 valence electrons. The Bertz CT molecular complexity index is 584. The van der Waals surface area contributed by atoms with E-state index in [1.54, 1.807) is 12.1 Å². The second-order valence-corrected chi connectivity index (χ2v) is 4.01. The normalized spacial score (nSPS) is 10.1. The smallest absolute Gasteiger partial charge is 0.338 e. The number of hydrogen-bond donors (Lipinski definition) is 1. The van der Waals surface area contributed by atoms with Crippen molar-refractivity contribution < 1.29 is 14.6 Å². The van der Waals surface area contributed by atoms with Crippen molar-refractivity contribution in [3.63, 3.8) is 0 Å². The van der Waals surface area contributed by atoms with E-state index in [-0.39, 0.29) is 11.6 Å². The number of carboxylic acid groups (broad SMARTS) is 1. The molecule has 0 bridgehead atoms. The van der Waals surface area contributed by atoms with E-state index in [0.717, 1.165) is 5.56 Å². The van der Waals surface area contributed by atoms with Crippen molar-refractivity contribution in [1.29, 1.82) is 0 Å². The molecule has 0 aliphatic carbocycles. The molecule has 0 aliphatic heterocycles. The second kappa shape index (κ2) is 5.01. The van der Waals surface area contributed by atoms with Crippen LogP contribution in [-0.4, -0.2) is 21.0 Å². The molecule has 0 saturated carbocycles. The minimum atomic E-state index is -1.08. The molecule has 5 nitrogen and oxygen atoms in total. The molecular formula is C12H9ClN2O3. The maximum absolute atomic E-state index is 10.6. The van der Waals surface area contributed by atoms with Gasteiger partial charge in [0.25, 0.3) is 0 Å². The third kappa shape index (κ3) is 2.75. The van der Waals surface area contributed by atoms with E-state index in [2.05, 4.69) is 9.97 Å². The van der Waals surface area contributed by atoms with Crippen LogP contribution in [0.1, 0.15) is 15.9 Å². The summed E-state index contributed by atoms with van der Waals surface area (Å²) in [4.78, 5) is 18.2. The fourth-order valence-electron chi connectivity index (χ4n) is 1.26. The van der Waals surface area contributed by atoms with Gasteiger partial charge in [-0.25, -0.2) is 14.8 Å². The van der Waals surface area contributed by atoms with Gasteiger partial charge in [0.1, 0.15) is 5.75 Å². The quantitative estimate of drug-likeness (QED) is 0.923. The number of rotatable bonds is 3. The van der Waals surface area contributed by atoms with Crippen LogP contribution in [0, 0.1) is 6.92 Å². The van der Waals surface area contributed by atoms with Gasteiger partial charge in [0, 0.05) is 17.4 Å². The summed E-state index contributed by atoms with van der Waals surface area (Å²) in [6.07, 6.45) is 2.37. The number of aromatic carboxylic acids is 1. The lowest BCUT2D eigenvalue weighted by Gasteiger charge is -2.07. The molecular weight excluding hydrogens is 256 g/mol. The molecule has 0 radical (unpaired) electrons. The first-order chi connectivity index (χ1) is 8.56. The lowest BCUT2D eigenvalue weighted by atomic mass is 10.2. The van der Waals surface area contributed by atoms with E-state index in [1.165, 1.54) is 12.4 Å². The third-order valence-electron chi connectivity index (χ3n) is 2.23. The predicted molar refractivity (Wildman–Crippen MR) is 65.3 cm³/mol. The Morgan fingerprint density at radius 2 is 2.00 bits per heavy atom. The average molecular weight is 265 g/mol. The number of ether oxygens (including phenoxy) is 1. The van der Waals surface area contributed by atoms with Gasteiger partial charge in [-0.05, 0) is 24.6 Å². The van der Waals surface area contributed by atoms with Gasteiger partial charge < -0.3 is 9.84 Å². The highest BCUT2D eigenvalue weighted by Crippen LogP contribution is 2.25. The Morgan fingerprint density at radius 3 is 2.61 bits per heavy atom. The fourth-order valence-corrected chi connectivity index (χ4v) is 1.42. The summed E-state index contributed by atoms with van der Waals surface area (Å²) in [5.74, 6) is -0.550. The Kier molecular flexibility index (Phi) is 3.43. The molecule has 0 atom stereocenters. The molecule has 1 heterocycles. The average Bonchev–Trinajstić information content (AvgIpc) is 2.34. The highest BCUT2D eigenvalue weighted by Gasteiger charge is 2.07. The number of carboxylic acids is 1. The van der Waals surface area contributed by atoms with E-state index in [9.17, 15) is 4.79 Å². The van der Waals surface area contributed by atoms with Crippen LogP contribution in [0.2, 0.25) is 5.02 Å². The van der Waals surface area contributed by atoms with Crippen molar-refractivity contribution in [3.05, 3.63) is 46.7 Å². The monoisotopic (exact) mass is 264 g/mol. The molecule has 18 heavy (non-hydrogen) atoms. The van der Waals surface area contributed by atoms with Gasteiger partial charge in [0.2, 0.25) is 0 Å². The van der Waals surface area contributed by atoms with Crippen molar-refractivity contribution in [1.82, 2.24) is 9.97 Å². The van der Waals surface area contributed by atoms with Crippen molar-refractivity contribution in [2.24, 2.45) is 0 Å². The van der Waals surface area contributed by atoms with Gasteiger partial charge in [-0.1, -0.05) is 17.7 Å². The van der Waals surface area contributed by atoms with Gasteiger partial charge in [0.15, 0.2) is 0 Å². The highest BCUT2D eigenvalue weighted by molar-refractivity contribution is 6.30. The lowest BCUT2D eigenvalue weighted by molar-refractivity contribution is 0.0696. The van der Waals surface area contributed by atoms with Crippen LogP contribution in [0.5, 0.6) is 11.8 Å². The van der Waals surface area contributed by atoms with Crippen LogP contribution in [0.3, 0.4) is 0 Å². The minimum Gasteiger partial charge on any atom is -0.478 e. The van der Waals surface area contributed by atoms with Crippen molar-refractivity contribution in [2.75, 3.05) is 0 Å². The Balaban J connectivity index is 2.23. The van der Waals surface area contributed by atoms with Gasteiger partial charge >= 0.3 is 12.0 Å². The SMILES string of the molecule is Cc1ccc(Cl)cc1Oc1ncc(C(=O)O)cn1. The minimum absolute atomic E-state index is 0.00478. The van der Waals surface area contributed by atoms with Crippen LogP contribution in [0.4, 0.5) is 0 Å². The van der Waals surface area contributed by atoms with E-state index in [1.807, 2.05) is 13.0 Å². The van der Waals surface area contributed by atoms with Crippen LogP contribution in [-0.2, 0) is 0 Å². The number of aryl methyl sites for hydroxylation is 1. The molecule has 0 aliphatic rings. The molecule has 0 saturated heterocycles. The molecule has 0 unspecified atom stereocenters. The Morgan fingerprint density at radius 1 is 1.33 bits per heavy atom. The Hall–Kier alpha value is -2.14. The number of nitrogens with zero attached hydrogens (tertiary/aromatic N) is 2. The molecule has 0 amide bonds. The van der Waals surface area contributed by atoms with Crippen LogP contribution in [0.15, 0.2) is 30.6 Å². The standard InChI is InChI=1S/C12H9ClN2O3/c1-7-2-3-9(13)4-10(7)18-12-14-5-8(6-15-12)11(16)17/h2-6H,1H3,(H,16,17). The number of benzene rings is 1. The maximum Gasteiger partial charge on any atom is 0.338 e. The van der Waals surface area contributed by atoms with Gasteiger partial charge in [-0.15, -0.1) is 0 Å². The van der Waals surface area contributed by atoms with Crippen LogP contribution >= 0.6 is 11.6 Å². The second-order valence-electron chi connectivity index (χ2n) is 3.57. The number of halogens is 1. The molecule has 1 N–H and O–H groups in total. The molecule has 0 fully saturated rings. The zero-order valence-corrected chi connectivity index (χ0v) is 10.2. The largest absolute Gasteiger partial charge is 0.478 e. The number of aromatic nitrogens is 2. The fraction of sp³-hybridized carbons (Fsp3) is 0.0833. The number of carbonyl (C=O) groups is 1. The van der Waals surface area contributed by atoms with Gasteiger partial charge in [-0.3, -0.25) is 0 Å². The van der Waals surface area contributed by atoms with E-state index < -0.39 is 5.97 Å². The summed E-state index contributed by atoms with van der Waals surface area (Å²) >= 11 is 5.85. The molecule has 2 rings (SSSR count). The van der Waals surface area contributed by atoms with E-state index >= 15 is 0 Å². The molecule has 2 aromatic rings. The van der Waals surface area contributed by atoms with Gasteiger partial charge in [0.05, 0.1) is 5.56 Å². The van der Waals surface area contributed by atoms with Gasteiger partial charge in [-0.2, -0.15) is 0 Å². The summed E-state index contributed by atoms with van der Waals surface area (Å²) < 4.78 is 5.43. The molecule has 6 heteroatoms. The highest BCUT2D eigenvalue weighted by atomic mass is 35.5. The van der Waals surface area contributed by atoms with E-state index in [4.69, 9.17) is 21.4 Å².